The van der Waals surface area contributed by atoms with Crippen molar-refractivity contribution in [2.24, 2.45) is 35.3 Å². The van der Waals surface area contributed by atoms with Crippen molar-refractivity contribution in [2.75, 3.05) is 6.54 Å². The molecular formula is C32H53N. The molecule has 0 amide bonds. The second-order valence-corrected chi connectivity index (χ2v) is 12.0. The van der Waals surface area contributed by atoms with Crippen LogP contribution in [0.3, 0.4) is 0 Å². The fraction of sp³-hybridized carbons (Fsp3) is 0.750. The Labute approximate surface area is 206 Å². The molecule has 1 heteroatoms. The van der Waals surface area contributed by atoms with Gasteiger partial charge in [0.2, 0.25) is 0 Å². The van der Waals surface area contributed by atoms with E-state index >= 15 is 0 Å². The number of allylic oxidation sites excluding steroid dienone is 1. The fourth-order valence-corrected chi connectivity index (χ4v) is 6.65. The van der Waals surface area contributed by atoms with Crippen LogP contribution >= 0.6 is 0 Å². The molecule has 33 heavy (non-hydrogen) atoms. The van der Waals surface area contributed by atoms with Gasteiger partial charge >= 0.3 is 0 Å². The van der Waals surface area contributed by atoms with Crippen molar-refractivity contribution >= 4 is 0 Å². The molecule has 1 aromatic rings. The maximum absolute atomic E-state index is 5.89. The van der Waals surface area contributed by atoms with Gasteiger partial charge in [-0.2, -0.15) is 0 Å². The largest absolute Gasteiger partial charge is 0.330 e. The van der Waals surface area contributed by atoms with Crippen LogP contribution in [0, 0.1) is 29.6 Å². The van der Waals surface area contributed by atoms with Gasteiger partial charge in [-0.1, -0.05) is 108 Å². The Morgan fingerprint density at radius 1 is 0.939 bits per heavy atom. The van der Waals surface area contributed by atoms with E-state index < -0.39 is 0 Å². The Balaban J connectivity index is 1.45. The molecule has 0 aromatic heterocycles. The van der Waals surface area contributed by atoms with Crippen LogP contribution in [0.1, 0.15) is 115 Å². The van der Waals surface area contributed by atoms with Crippen molar-refractivity contribution in [1.82, 2.24) is 0 Å². The summed E-state index contributed by atoms with van der Waals surface area (Å²) in [5.41, 5.74) is 10.3. The zero-order chi connectivity index (χ0) is 23.5. The van der Waals surface area contributed by atoms with Gasteiger partial charge in [-0.25, -0.2) is 0 Å². The third-order valence-electron chi connectivity index (χ3n) is 9.02. The van der Waals surface area contributed by atoms with E-state index in [-0.39, 0.29) is 0 Å². The van der Waals surface area contributed by atoms with Gasteiger partial charge < -0.3 is 5.73 Å². The number of aryl methyl sites for hydroxylation is 1. The van der Waals surface area contributed by atoms with Gasteiger partial charge in [-0.05, 0) is 92.2 Å². The molecule has 0 spiro atoms. The van der Waals surface area contributed by atoms with E-state index in [2.05, 4.69) is 44.7 Å². The predicted molar refractivity (Wildman–Crippen MR) is 145 cm³/mol. The number of hydrogen-bond acceptors (Lipinski definition) is 1. The first-order chi connectivity index (χ1) is 16.0. The van der Waals surface area contributed by atoms with Crippen molar-refractivity contribution in [2.45, 2.75) is 117 Å². The lowest BCUT2D eigenvalue weighted by Crippen LogP contribution is -2.21. The normalized spacial score (nSPS) is 23.8. The zero-order valence-corrected chi connectivity index (χ0v) is 22.0. The molecule has 1 nitrogen and oxygen atoms in total. The Hall–Kier alpha value is -1.08. The van der Waals surface area contributed by atoms with Crippen molar-refractivity contribution < 1.29 is 0 Å². The first-order valence-electron chi connectivity index (χ1n) is 14.5. The van der Waals surface area contributed by atoms with Crippen molar-refractivity contribution in [3.63, 3.8) is 0 Å². The molecule has 0 saturated heterocycles. The first-order valence-corrected chi connectivity index (χ1v) is 14.5. The van der Waals surface area contributed by atoms with Crippen LogP contribution in [-0.4, -0.2) is 6.54 Å². The zero-order valence-electron chi connectivity index (χ0n) is 22.0. The molecule has 0 unspecified atom stereocenters. The molecule has 186 valence electrons. The SMILES string of the molecule is C=C(Cc1ccc(CCC2CCCCC2)cc1)C[C@H](CCCN)[C@H](C)CC1CCC(C)CC1. The number of hydrogen-bond donors (Lipinski definition) is 1. The topological polar surface area (TPSA) is 26.0 Å². The van der Waals surface area contributed by atoms with Crippen LogP contribution in [0.2, 0.25) is 0 Å². The van der Waals surface area contributed by atoms with Gasteiger partial charge in [0.05, 0.1) is 0 Å². The molecule has 2 fully saturated rings. The van der Waals surface area contributed by atoms with Gasteiger partial charge in [0.25, 0.3) is 0 Å². The van der Waals surface area contributed by atoms with Crippen LogP contribution in [0.25, 0.3) is 0 Å². The lowest BCUT2D eigenvalue weighted by molar-refractivity contribution is 0.209. The molecular weight excluding hydrogens is 398 g/mol. The minimum atomic E-state index is 0.746. The smallest absolute Gasteiger partial charge is 0.00697 e. The summed E-state index contributed by atoms with van der Waals surface area (Å²) in [7, 11) is 0. The van der Waals surface area contributed by atoms with Gasteiger partial charge in [-0.15, -0.1) is 0 Å². The molecule has 0 aliphatic heterocycles. The number of benzene rings is 1. The van der Waals surface area contributed by atoms with Crippen molar-refractivity contribution in [3.8, 4) is 0 Å². The number of nitrogens with two attached hydrogens (primary N) is 1. The fourth-order valence-electron chi connectivity index (χ4n) is 6.65. The summed E-state index contributed by atoms with van der Waals surface area (Å²) in [6.45, 7) is 10.3. The highest BCUT2D eigenvalue weighted by molar-refractivity contribution is 5.26. The minimum absolute atomic E-state index is 0.746. The molecule has 0 radical (unpaired) electrons. The molecule has 2 aliphatic carbocycles. The summed E-state index contributed by atoms with van der Waals surface area (Å²) >= 11 is 0. The van der Waals surface area contributed by atoms with Crippen LogP contribution in [0.15, 0.2) is 36.4 Å². The number of rotatable bonds is 13. The van der Waals surface area contributed by atoms with Crippen LogP contribution in [0.4, 0.5) is 0 Å². The highest BCUT2D eigenvalue weighted by Gasteiger charge is 2.24. The molecule has 0 bridgehead atoms. The van der Waals surface area contributed by atoms with E-state index in [4.69, 9.17) is 5.73 Å². The van der Waals surface area contributed by atoms with Crippen molar-refractivity contribution in [3.05, 3.63) is 47.5 Å². The lowest BCUT2D eigenvalue weighted by Gasteiger charge is -2.32. The van der Waals surface area contributed by atoms with Gasteiger partial charge in [0.1, 0.15) is 0 Å². The van der Waals surface area contributed by atoms with E-state index in [1.54, 1.807) is 0 Å². The Morgan fingerprint density at radius 3 is 2.27 bits per heavy atom. The second-order valence-electron chi connectivity index (χ2n) is 12.0. The minimum Gasteiger partial charge on any atom is -0.330 e. The third kappa shape index (κ3) is 9.59. The Bertz CT molecular complexity index is 660. The molecule has 2 saturated carbocycles. The average molecular weight is 452 g/mol. The molecule has 3 rings (SSSR count). The van der Waals surface area contributed by atoms with E-state index in [0.29, 0.717) is 0 Å². The van der Waals surface area contributed by atoms with Crippen LogP contribution in [-0.2, 0) is 12.8 Å². The van der Waals surface area contributed by atoms with E-state index in [9.17, 15) is 0 Å². The summed E-state index contributed by atoms with van der Waals surface area (Å²) < 4.78 is 0. The summed E-state index contributed by atoms with van der Waals surface area (Å²) in [5.74, 6) is 4.40. The second kappa shape index (κ2) is 14.3. The Morgan fingerprint density at radius 2 is 1.61 bits per heavy atom. The van der Waals surface area contributed by atoms with Crippen LogP contribution < -0.4 is 5.73 Å². The predicted octanol–water partition coefficient (Wildman–Crippen LogP) is 8.90. The third-order valence-corrected chi connectivity index (χ3v) is 9.02. The molecule has 2 atom stereocenters. The van der Waals surface area contributed by atoms with Gasteiger partial charge in [0.15, 0.2) is 0 Å². The standard InChI is InChI=1S/C32H53N/c1-25-11-13-31(14-12-25)24-27(3)32(10-7-21-33)23-26(2)22-30-19-17-29(18-20-30)16-15-28-8-5-4-6-9-28/h17-20,25,27-28,31-32H,2,4-16,21-24,33H2,1,3H3/t25?,27-,31?,32+/m1/s1. The lowest BCUT2D eigenvalue weighted by atomic mass is 9.74. The quantitative estimate of drug-likeness (QED) is 0.298. The highest BCUT2D eigenvalue weighted by Crippen LogP contribution is 2.37. The highest BCUT2D eigenvalue weighted by atomic mass is 14.5. The van der Waals surface area contributed by atoms with Crippen LogP contribution in [0.5, 0.6) is 0 Å². The summed E-state index contributed by atoms with van der Waals surface area (Å²) in [5, 5.41) is 0. The Kier molecular flexibility index (Phi) is 11.5. The summed E-state index contributed by atoms with van der Waals surface area (Å²) in [4.78, 5) is 0. The first kappa shape index (κ1) is 26.5. The van der Waals surface area contributed by atoms with E-state index in [1.807, 2.05) is 0 Å². The van der Waals surface area contributed by atoms with Gasteiger partial charge in [0, 0.05) is 0 Å². The van der Waals surface area contributed by atoms with E-state index in [1.165, 1.54) is 107 Å². The summed E-state index contributed by atoms with van der Waals surface area (Å²) in [6, 6.07) is 9.49. The maximum atomic E-state index is 5.89. The maximum Gasteiger partial charge on any atom is -0.00697 e. The monoisotopic (exact) mass is 451 g/mol. The molecule has 2 aliphatic rings. The molecule has 1 aromatic carbocycles. The van der Waals surface area contributed by atoms with Gasteiger partial charge in [-0.3, -0.25) is 0 Å². The van der Waals surface area contributed by atoms with E-state index in [0.717, 1.165) is 49.0 Å². The molecule has 2 N–H and O–H groups in total. The summed E-state index contributed by atoms with van der Waals surface area (Å²) in [6.07, 6.45) is 21.7. The molecule has 0 heterocycles. The average Bonchev–Trinajstić information content (AvgIpc) is 2.83. The van der Waals surface area contributed by atoms with Crippen molar-refractivity contribution in [1.29, 1.82) is 0 Å².